The average Bonchev–Trinajstić information content (AvgIpc) is 2.27. The number of hydrogen-bond donors (Lipinski definition) is 4. The summed E-state index contributed by atoms with van der Waals surface area (Å²) in [5.41, 5.74) is 0.338. The highest BCUT2D eigenvalue weighted by atomic mass is 16.3. The Kier molecular flexibility index (Phi) is 4.80. The van der Waals surface area contributed by atoms with Gasteiger partial charge < -0.3 is 21.1 Å². The highest BCUT2D eigenvalue weighted by molar-refractivity contribution is 5.90. The van der Waals surface area contributed by atoms with Gasteiger partial charge in [0.15, 0.2) is 0 Å². The number of phenols is 1. The van der Waals surface area contributed by atoms with Crippen LogP contribution in [0.3, 0.4) is 0 Å². The zero-order valence-corrected chi connectivity index (χ0v) is 9.49. The summed E-state index contributed by atoms with van der Waals surface area (Å²) >= 11 is 0. The van der Waals surface area contributed by atoms with Crippen LogP contribution in [0.1, 0.15) is 6.92 Å². The van der Waals surface area contributed by atoms with E-state index in [2.05, 4.69) is 16.0 Å². The molecule has 0 radical (unpaired) electrons. The number of nitrogens with one attached hydrogen (secondary N) is 3. The van der Waals surface area contributed by atoms with Crippen LogP contribution >= 0.6 is 0 Å². The summed E-state index contributed by atoms with van der Waals surface area (Å²) in [7, 11) is 0. The van der Waals surface area contributed by atoms with Crippen LogP contribution < -0.4 is 16.0 Å². The van der Waals surface area contributed by atoms with Gasteiger partial charge in [-0.05, 0) is 12.1 Å². The number of carbonyl (C=O) groups is 2. The standard InChI is InChI=1S/C11H15N3O3/c1-8(15)12-6-7-13-11(17)14-9-4-2-3-5-10(9)16/h2-5,16H,6-7H2,1H3,(H,12,15)(H2,13,14,17). The topological polar surface area (TPSA) is 90.5 Å². The van der Waals surface area contributed by atoms with Crippen LogP contribution in [0, 0.1) is 0 Å². The number of rotatable bonds is 4. The molecule has 4 N–H and O–H groups in total. The molecule has 3 amide bonds. The van der Waals surface area contributed by atoms with Crippen LogP contribution in [0.2, 0.25) is 0 Å². The SMILES string of the molecule is CC(=O)NCCNC(=O)Nc1ccccc1O. The Bertz CT molecular complexity index is 407. The molecule has 0 saturated carbocycles. The molecule has 0 spiro atoms. The van der Waals surface area contributed by atoms with E-state index in [0.29, 0.717) is 18.8 Å². The van der Waals surface area contributed by atoms with Crippen molar-refractivity contribution in [1.29, 1.82) is 0 Å². The Morgan fingerprint density at radius 2 is 1.82 bits per heavy atom. The van der Waals surface area contributed by atoms with Crippen LogP contribution in [0.5, 0.6) is 5.75 Å². The number of carbonyl (C=O) groups excluding carboxylic acids is 2. The van der Waals surface area contributed by atoms with Crippen LogP contribution in [0.25, 0.3) is 0 Å². The number of aromatic hydroxyl groups is 1. The van der Waals surface area contributed by atoms with Gasteiger partial charge in [-0.3, -0.25) is 4.79 Å². The normalized spacial score (nSPS) is 9.47. The molecule has 6 heteroatoms. The third-order valence-electron chi connectivity index (χ3n) is 1.94. The largest absolute Gasteiger partial charge is 0.506 e. The zero-order valence-electron chi connectivity index (χ0n) is 9.49. The number of amides is 3. The van der Waals surface area contributed by atoms with E-state index in [1.54, 1.807) is 18.2 Å². The van der Waals surface area contributed by atoms with Gasteiger partial charge in [-0.1, -0.05) is 12.1 Å². The van der Waals surface area contributed by atoms with E-state index < -0.39 is 6.03 Å². The molecule has 0 bridgehead atoms. The molecule has 17 heavy (non-hydrogen) atoms. The number of hydrogen-bond acceptors (Lipinski definition) is 3. The van der Waals surface area contributed by atoms with Gasteiger partial charge in [0.1, 0.15) is 5.75 Å². The Hall–Kier alpha value is -2.24. The van der Waals surface area contributed by atoms with Crippen LogP contribution in [-0.4, -0.2) is 30.1 Å². The molecule has 0 saturated heterocycles. The second-order valence-electron chi connectivity index (χ2n) is 3.38. The molecule has 6 nitrogen and oxygen atoms in total. The van der Waals surface area contributed by atoms with Gasteiger partial charge in [0.2, 0.25) is 5.91 Å². The zero-order chi connectivity index (χ0) is 12.7. The summed E-state index contributed by atoms with van der Waals surface area (Å²) in [6.07, 6.45) is 0. The lowest BCUT2D eigenvalue weighted by molar-refractivity contribution is -0.118. The third-order valence-corrected chi connectivity index (χ3v) is 1.94. The molecule has 1 rings (SSSR count). The minimum absolute atomic E-state index is 0.00418. The predicted octanol–water partition coefficient (Wildman–Crippen LogP) is 0.650. The first kappa shape index (κ1) is 12.8. The summed E-state index contributed by atoms with van der Waals surface area (Å²) in [6, 6.07) is 5.99. The molecule has 0 aliphatic rings. The fraction of sp³-hybridized carbons (Fsp3) is 0.273. The molecule has 0 aliphatic heterocycles. The van der Waals surface area contributed by atoms with Gasteiger partial charge >= 0.3 is 6.03 Å². The van der Waals surface area contributed by atoms with Gasteiger partial charge in [-0.15, -0.1) is 0 Å². The maximum absolute atomic E-state index is 11.4. The number of phenolic OH excluding ortho intramolecular Hbond substituents is 1. The van der Waals surface area contributed by atoms with Crippen molar-refractivity contribution >= 4 is 17.6 Å². The first-order valence-corrected chi connectivity index (χ1v) is 5.17. The Labute approximate surface area is 99.0 Å². The van der Waals surface area contributed by atoms with Gasteiger partial charge in [0, 0.05) is 20.0 Å². The fourth-order valence-corrected chi connectivity index (χ4v) is 1.16. The highest BCUT2D eigenvalue weighted by Gasteiger charge is 2.04. The van der Waals surface area contributed by atoms with Crippen molar-refractivity contribution in [3.05, 3.63) is 24.3 Å². The molecule has 1 aromatic carbocycles. The van der Waals surface area contributed by atoms with Crippen LogP contribution in [0.4, 0.5) is 10.5 Å². The molecular weight excluding hydrogens is 222 g/mol. The van der Waals surface area contributed by atoms with Crippen LogP contribution in [-0.2, 0) is 4.79 Å². The molecule has 0 atom stereocenters. The van der Waals surface area contributed by atoms with Crippen molar-refractivity contribution < 1.29 is 14.7 Å². The first-order chi connectivity index (χ1) is 8.09. The van der Waals surface area contributed by atoms with E-state index in [-0.39, 0.29) is 11.7 Å². The molecule has 92 valence electrons. The average molecular weight is 237 g/mol. The minimum atomic E-state index is -0.433. The van der Waals surface area contributed by atoms with Crippen molar-refractivity contribution in [2.75, 3.05) is 18.4 Å². The van der Waals surface area contributed by atoms with Crippen molar-refractivity contribution in [3.8, 4) is 5.75 Å². The summed E-state index contributed by atoms with van der Waals surface area (Å²) in [6.45, 7) is 2.09. The van der Waals surface area contributed by atoms with E-state index in [1.807, 2.05) is 0 Å². The number of urea groups is 1. The van der Waals surface area contributed by atoms with E-state index in [0.717, 1.165) is 0 Å². The summed E-state index contributed by atoms with van der Waals surface area (Å²) in [5, 5.41) is 17.0. The smallest absolute Gasteiger partial charge is 0.319 e. The predicted molar refractivity (Wildman–Crippen MR) is 63.8 cm³/mol. The number of anilines is 1. The van der Waals surface area contributed by atoms with Gasteiger partial charge in [-0.2, -0.15) is 0 Å². The van der Waals surface area contributed by atoms with E-state index >= 15 is 0 Å². The minimum Gasteiger partial charge on any atom is -0.506 e. The molecule has 0 heterocycles. The summed E-state index contributed by atoms with van der Waals surface area (Å²) in [5.74, 6) is -0.141. The third kappa shape index (κ3) is 4.87. The molecular formula is C11H15N3O3. The number of benzene rings is 1. The van der Waals surface area contributed by atoms with Crippen molar-refractivity contribution in [1.82, 2.24) is 10.6 Å². The van der Waals surface area contributed by atoms with Crippen molar-refractivity contribution in [3.63, 3.8) is 0 Å². The second-order valence-corrected chi connectivity index (χ2v) is 3.38. The number of para-hydroxylation sites is 2. The van der Waals surface area contributed by atoms with E-state index in [1.165, 1.54) is 13.0 Å². The molecule has 1 aromatic rings. The van der Waals surface area contributed by atoms with Crippen molar-refractivity contribution in [2.45, 2.75) is 6.92 Å². The van der Waals surface area contributed by atoms with E-state index in [4.69, 9.17) is 0 Å². The monoisotopic (exact) mass is 237 g/mol. The van der Waals surface area contributed by atoms with Crippen molar-refractivity contribution in [2.24, 2.45) is 0 Å². The summed E-state index contributed by atoms with van der Waals surface area (Å²) in [4.78, 5) is 21.9. The Morgan fingerprint density at radius 1 is 1.18 bits per heavy atom. The maximum Gasteiger partial charge on any atom is 0.319 e. The van der Waals surface area contributed by atoms with E-state index in [9.17, 15) is 14.7 Å². The lowest BCUT2D eigenvalue weighted by Gasteiger charge is -2.08. The van der Waals surface area contributed by atoms with Gasteiger partial charge in [0.25, 0.3) is 0 Å². The molecule has 0 aromatic heterocycles. The van der Waals surface area contributed by atoms with Crippen LogP contribution in [0.15, 0.2) is 24.3 Å². The first-order valence-electron chi connectivity index (χ1n) is 5.17. The summed E-state index contributed by atoms with van der Waals surface area (Å²) < 4.78 is 0. The van der Waals surface area contributed by atoms with Gasteiger partial charge in [0.05, 0.1) is 5.69 Å². The quantitative estimate of drug-likeness (QED) is 0.458. The molecule has 0 aliphatic carbocycles. The lowest BCUT2D eigenvalue weighted by Crippen LogP contribution is -2.36. The van der Waals surface area contributed by atoms with Gasteiger partial charge in [-0.25, -0.2) is 4.79 Å². The fourth-order valence-electron chi connectivity index (χ4n) is 1.16. The molecule has 0 unspecified atom stereocenters. The Morgan fingerprint density at radius 3 is 2.47 bits per heavy atom. The second kappa shape index (κ2) is 6.37. The Balaban J connectivity index is 2.30. The lowest BCUT2D eigenvalue weighted by atomic mass is 10.3. The molecule has 0 fully saturated rings. The maximum atomic E-state index is 11.4. The highest BCUT2D eigenvalue weighted by Crippen LogP contribution is 2.20.